The zero-order valence-electron chi connectivity index (χ0n) is 13.7. The molecule has 0 atom stereocenters. The van der Waals surface area contributed by atoms with E-state index < -0.39 is 21.6 Å². The molecule has 0 unspecified atom stereocenters. The average molecular weight is 365 g/mol. The van der Waals surface area contributed by atoms with Crippen molar-refractivity contribution in [3.8, 4) is 5.69 Å². The van der Waals surface area contributed by atoms with E-state index in [1.165, 1.54) is 16.8 Å². The standard InChI is InChI=1S/C17H20FN3O3S/c18-15-12-13(6-7-16(15)21-10-3-9-19-21)20-17(22)8-11-25(23,24)14-4-1-2-5-14/h3,6-7,9-10,12,14H,1-2,4-5,8,11H2,(H,20,22). The maximum atomic E-state index is 14.1. The summed E-state index contributed by atoms with van der Waals surface area (Å²) in [5, 5.41) is 6.19. The zero-order chi connectivity index (χ0) is 17.9. The van der Waals surface area contributed by atoms with Gasteiger partial charge in [0.25, 0.3) is 0 Å². The second-order valence-electron chi connectivity index (χ2n) is 6.19. The second-order valence-corrected chi connectivity index (χ2v) is 8.59. The Kier molecular flexibility index (Phi) is 5.17. The molecule has 0 spiro atoms. The van der Waals surface area contributed by atoms with Gasteiger partial charge in [-0.05, 0) is 37.1 Å². The molecule has 0 radical (unpaired) electrons. The molecular weight excluding hydrogens is 345 g/mol. The molecule has 1 aromatic heterocycles. The van der Waals surface area contributed by atoms with Crippen LogP contribution in [0, 0.1) is 5.82 Å². The lowest BCUT2D eigenvalue weighted by atomic mass is 10.2. The Hall–Kier alpha value is -2.22. The van der Waals surface area contributed by atoms with E-state index in [1.807, 2.05) is 0 Å². The normalized spacial score (nSPS) is 15.4. The van der Waals surface area contributed by atoms with Gasteiger partial charge in [-0.1, -0.05) is 12.8 Å². The highest BCUT2D eigenvalue weighted by atomic mass is 32.2. The van der Waals surface area contributed by atoms with Gasteiger partial charge in [0.1, 0.15) is 5.69 Å². The molecule has 1 N–H and O–H groups in total. The minimum Gasteiger partial charge on any atom is -0.326 e. The van der Waals surface area contributed by atoms with Gasteiger partial charge in [-0.25, -0.2) is 17.5 Å². The smallest absolute Gasteiger partial charge is 0.225 e. The molecular formula is C17H20FN3O3S. The van der Waals surface area contributed by atoms with Crippen LogP contribution in [0.25, 0.3) is 5.69 Å². The Balaban J connectivity index is 1.59. The summed E-state index contributed by atoms with van der Waals surface area (Å²) in [6.45, 7) is 0. The first-order valence-corrected chi connectivity index (χ1v) is 9.98. The van der Waals surface area contributed by atoms with E-state index in [1.54, 1.807) is 24.5 Å². The molecule has 134 valence electrons. The van der Waals surface area contributed by atoms with E-state index in [2.05, 4.69) is 10.4 Å². The number of anilines is 1. The molecule has 3 rings (SSSR count). The van der Waals surface area contributed by atoms with Crippen LogP contribution in [0.3, 0.4) is 0 Å². The molecule has 1 amide bonds. The summed E-state index contributed by atoms with van der Waals surface area (Å²) in [7, 11) is -3.24. The van der Waals surface area contributed by atoms with Crippen LogP contribution in [-0.4, -0.2) is 35.1 Å². The number of benzene rings is 1. The molecule has 8 heteroatoms. The number of nitrogens with zero attached hydrogens (tertiary/aromatic N) is 2. The molecule has 2 aromatic rings. The van der Waals surface area contributed by atoms with Gasteiger partial charge in [-0.15, -0.1) is 0 Å². The predicted octanol–water partition coefficient (Wildman–Crippen LogP) is 2.70. The van der Waals surface area contributed by atoms with Crippen molar-refractivity contribution in [2.45, 2.75) is 37.4 Å². The number of halogens is 1. The van der Waals surface area contributed by atoms with Crippen molar-refractivity contribution in [3.63, 3.8) is 0 Å². The minimum atomic E-state index is -3.24. The largest absolute Gasteiger partial charge is 0.326 e. The summed E-state index contributed by atoms with van der Waals surface area (Å²) in [6, 6.07) is 5.94. The third-order valence-electron chi connectivity index (χ3n) is 4.41. The van der Waals surface area contributed by atoms with Crippen LogP contribution in [0.2, 0.25) is 0 Å². The molecule has 0 aliphatic heterocycles. The highest BCUT2D eigenvalue weighted by Crippen LogP contribution is 2.25. The van der Waals surface area contributed by atoms with Crippen molar-refractivity contribution >= 4 is 21.4 Å². The number of rotatable bonds is 6. The topological polar surface area (TPSA) is 81.1 Å². The summed E-state index contributed by atoms with van der Waals surface area (Å²) >= 11 is 0. The third kappa shape index (κ3) is 4.25. The lowest BCUT2D eigenvalue weighted by molar-refractivity contribution is -0.115. The first kappa shape index (κ1) is 17.6. The molecule has 1 saturated carbocycles. The zero-order valence-corrected chi connectivity index (χ0v) is 14.5. The number of nitrogens with one attached hydrogen (secondary N) is 1. The van der Waals surface area contributed by atoms with Crippen molar-refractivity contribution in [3.05, 3.63) is 42.5 Å². The number of amides is 1. The highest BCUT2D eigenvalue weighted by molar-refractivity contribution is 7.92. The fraction of sp³-hybridized carbons (Fsp3) is 0.412. The van der Waals surface area contributed by atoms with Crippen molar-refractivity contribution in [1.29, 1.82) is 0 Å². The van der Waals surface area contributed by atoms with E-state index in [0.29, 0.717) is 12.8 Å². The predicted molar refractivity (Wildman–Crippen MR) is 92.8 cm³/mol. The van der Waals surface area contributed by atoms with E-state index in [9.17, 15) is 17.6 Å². The van der Waals surface area contributed by atoms with Gasteiger partial charge in [0.2, 0.25) is 5.91 Å². The summed E-state index contributed by atoms with van der Waals surface area (Å²) in [5.74, 6) is -1.13. The molecule has 1 aromatic carbocycles. The van der Waals surface area contributed by atoms with Crippen LogP contribution >= 0.6 is 0 Å². The molecule has 0 saturated heterocycles. The van der Waals surface area contributed by atoms with Gasteiger partial charge in [0, 0.05) is 24.5 Å². The van der Waals surface area contributed by atoms with Crippen LogP contribution in [0.5, 0.6) is 0 Å². The van der Waals surface area contributed by atoms with Crippen molar-refractivity contribution in [2.24, 2.45) is 0 Å². The second kappa shape index (κ2) is 7.35. The van der Waals surface area contributed by atoms with Gasteiger partial charge in [-0.3, -0.25) is 4.79 Å². The summed E-state index contributed by atoms with van der Waals surface area (Å²) < 4.78 is 39.9. The van der Waals surface area contributed by atoms with E-state index in [4.69, 9.17) is 0 Å². The van der Waals surface area contributed by atoms with Crippen LogP contribution in [0.4, 0.5) is 10.1 Å². The summed E-state index contributed by atoms with van der Waals surface area (Å²) in [6.07, 6.45) is 6.26. The van der Waals surface area contributed by atoms with Crippen LogP contribution in [0.1, 0.15) is 32.1 Å². The Bertz CT molecular complexity index is 844. The maximum absolute atomic E-state index is 14.1. The van der Waals surface area contributed by atoms with Gasteiger partial charge in [-0.2, -0.15) is 5.10 Å². The first-order chi connectivity index (χ1) is 12.0. The fourth-order valence-corrected chi connectivity index (χ4v) is 4.91. The van der Waals surface area contributed by atoms with Gasteiger partial charge < -0.3 is 5.32 Å². The summed E-state index contributed by atoms with van der Waals surface area (Å²) in [5.41, 5.74) is 0.559. The lowest BCUT2D eigenvalue weighted by Crippen LogP contribution is -2.24. The average Bonchev–Trinajstić information content (AvgIpc) is 3.27. The van der Waals surface area contributed by atoms with E-state index in [-0.39, 0.29) is 28.8 Å². The Morgan fingerprint density at radius 3 is 2.72 bits per heavy atom. The Labute approximate surface area is 146 Å². The summed E-state index contributed by atoms with van der Waals surface area (Å²) in [4.78, 5) is 12.0. The Morgan fingerprint density at radius 2 is 2.08 bits per heavy atom. The van der Waals surface area contributed by atoms with Gasteiger partial charge in [0.15, 0.2) is 15.7 Å². The van der Waals surface area contributed by atoms with Crippen LogP contribution < -0.4 is 5.32 Å². The van der Waals surface area contributed by atoms with Crippen molar-refractivity contribution < 1.29 is 17.6 Å². The van der Waals surface area contributed by atoms with Crippen LogP contribution in [-0.2, 0) is 14.6 Å². The molecule has 1 fully saturated rings. The molecule has 1 aliphatic carbocycles. The number of hydrogen-bond acceptors (Lipinski definition) is 4. The molecule has 1 heterocycles. The quantitative estimate of drug-likeness (QED) is 0.853. The first-order valence-electron chi connectivity index (χ1n) is 8.27. The SMILES string of the molecule is O=C(CCS(=O)(=O)C1CCCC1)Nc1ccc(-n2cccn2)c(F)c1. The highest BCUT2D eigenvalue weighted by Gasteiger charge is 2.28. The van der Waals surface area contributed by atoms with E-state index in [0.717, 1.165) is 12.8 Å². The van der Waals surface area contributed by atoms with Crippen LogP contribution in [0.15, 0.2) is 36.7 Å². The van der Waals surface area contributed by atoms with E-state index >= 15 is 0 Å². The van der Waals surface area contributed by atoms with Gasteiger partial charge in [0.05, 0.1) is 11.0 Å². The van der Waals surface area contributed by atoms with Gasteiger partial charge >= 0.3 is 0 Å². The van der Waals surface area contributed by atoms with Crippen molar-refractivity contribution in [1.82, 2.24) is 9.78 Å². The molecule has 1 aliphatic rings. The number of aromatic nitrogens is 2. The Morgan fingerprint density at radius 1 is 1.32 bits per heavy atom. The maximum Gasteiger partial charge on any atom is 0.225 e. The molecule has 6 nitrogen and oxygen atoms in total. The minimum absolute atomic E-state index is 0.124. The van der Waals surface area contributed by atoms with Crippen molar-refractivity contribution in [2.75, 3.05) is 11.1 Å². The number of carbonyl (C=O) groups excluding carboxylic acids is 1. The third-order valence-corrected chi connectivity index (χ3v) is 6.67. The lowest BCUT2D eigenvalue weighted by Gasteiger charge is -2.11. The molecule has 0 bridgehead atoms. The number of sulfone groups is 1. The number of hydrogen-bond donors (Lipinski definition) is 1. The number of carbonyl (C=O) groups is 1. The molecule has 25 heavy (non-hydrogen) atoms. The monoisotopic (exact) mass is 365 g/mol. The fourth-order valence-electron chi connectivity index (χ4n) is 3.05.